The molecule has 0 bridgehead atoms. The van der Waals surface area contributed by atoms with Gasteiger partial charge in [0.05, 0.1) is 18.2 Å². The van der Waals surface area contributed by atoms with E-state index in [9.17, 15) is 20.1 Å². The Morgan fingerprint density at radius 1 is 1.48 bits per heavy atom. The fraction of sp³-hybridized carbons (Fsp3) is 0.400. The molecule has 6 N–H and O–H groups in total. The van der Waals surface area contributed by atoms with Crippen LogP contribution in [-0.2, 0) is 4.74 Å². The van der Waals surface area contributed by atoms with Gasteiger partial charge in [0.1, 0.15) is 23.3 Å². The highest BCUT2D eigenvalue weighted by molar-refractivity contribution is 6.14. The highest BCUT2D eigenvalue weighted by atomic mass is 16.6. The summed E-state index contributed by atoms with van der Waals surface area (Å²) in [4.78, 5) is 12.1. The van der Waals surface area contributed by atoms with Crippen LogP contribution >= 0.6 is 0 Å². The molecule has 0 unspecified atom stereocenters. The van der Waals surface area contributed by atoms with Gasteiger partial charge in [-0.05, 0) is 13.0 Å². The zero-order valence-corrected chi connectivity index (χ0v) is 13.2. The minimum absolute atomic E-state index is 0.283. The average Bonchev–Trinajstić information content (AvgIpc) is 2.93. The normalized spacial score (nSPS) is 29.7. The molecule has 10 nitrogen and oxygen atoms in total. The summed E-state index contributed by atoms with van der Waals surface area (Å²) in [6, 6.07) is 1.62. The van der Waals surface area contributed by atoms with E-state index in [0.717, 1.165) is 0 Å². The number of ether oxygens (including phenoxy) is 1. The van der Waals surface area contributed by atoms with Gasteiger partial charge in [0.25, 0.3) is 5.56 Å². The third kappa shape index (κ3) is 2.15. The van der Waals surface area contributed by atoms with Crippen LogP contribution in [0.2, 0.25) is 0 Å². The number of aromatic amines is 1. The topological polar surface area (TPSA) is 160 Å². The van der Waals surface area contributed by atoms with Gasteiger partial charge < -0.3 is 25.8 Å². The Hall–Kier alpha value is -2.53. The number of aliphatic hydroxyl groups is 3. The highest BCUT2D eigenvalue weighted by Crippen LogP contribution is 2.39. The second-order valence-corrected chi connectivity index (χ2v) is 6.38. The largest absolute Gasteiger partial charge is 0.398 e. The number of nitrogens with one attached hydrogen (secondary N) is 1. The molecule has 0 radical (unpaired) electrons. The predicted octanol–water partition coefficient (Wildman–Crippen LogP) is -1.14. The number of nitrogens with two attached hydrogens (primary N) is 1. The van der Waals surface area contributed by atoms with Crippen LogP contribution in [0.5, 0.6) is 0 Å². The van der Waals surface area contributed by atoms with Crippen molar-refractivity contribution in [1.82, 2.24) is 20.0 Å². The summed E-state index contributed by atoms with van der Waals surface area (Å²) in [6.07, 6.45) is -0.335. The molecule has 0 saturated carbocycles. The summed E-state index contributed by atoms with van der Waals surface area (Å²) >= 11 is 0. The summed E-state index contributed by atoms with van der Waals surface area (Å²) in [5.41, 5.74) is 4.48. The van der Waals surface area contributed by atoms with E-state index < -0.39 is 36.2 Å². The van der Waals surface area contributed by atoms with Gasteiger partial charge in [-0.15, -0.1) is 0 Å². The van der Waals surface area contributed by atoms with Gasteiger partial charge in [0.15, 0.2) is 6.23 Å². The molecule has 3 aromatic rings. The van der Waals surface area contributed by atoms with Crippen molar-refractivity contribution in [3.8, 4) is 0 Å². The fourth-order valence-electron chi connectivity index (χ4n) is 3.36. The van der Waals surface area contributed by atoms with Crippen molar-refractivity contribution in [3.05, 3.63) is 28.8 Å². The van der Waals surface area contributed by atoms with Crippen LogP contribution < -0.4 is 11.3 Å². The van der Waals surface area contributed by atoms with Crippen molar-refractivity contribution in [3.63, 3.8) is 0 Å². The number of hydrogen-bond acceptors (Lipinski definition) is 8. The zero-order valence-electron chi connectivity index (χ0n) is 13.2. The van der Waals surface area contributed by atoms with Gasteiger partial charge in [-0.3, -0.25) is 4.79 Å². The van der Waals surface area contributed by atoms with Gasteiger partial charge in [0.2, 0.25) is 0 Å². The molecule has 10 heteroatoms. The summed E-state index contributed by atoms with van der Waals surface area (Å²) in [5.74, 6) is 0. The molecule has 3 heterocycles. The standard InChI is InChI=1S/C15H17N5O5/c1-15(24)12(22)9(5-21)25-14(15)20-4-6-2-7(16)11-10(6)8(19-20)3-17-18-13(11)23/h2-4,9,12,14,21-22,24H,5,16H2,1H3,(H,18,23)/t9-,12-,14-,15-/m1/s1. The lowest BCUT2D eigenvalue weighted by atomic mass is 9.97. The molecule has 25 heavy (non-hydrogen) atoms. The molecule has 4 atom stereocenters. The van der Waals surface area contributed by atoms with Crippen molar-refractivity contribution >= 4 is 27.4 Å². The number of H-pyrrole nitrogens is 1. The quantitative estimate of drug-likeness (QED) is 0.389. The number of rotatable bonds is 2. The predicted molar refractivity (Wildman–Crippen MR) is 87.7 cm³/mol. The minimum atomic E-state index is -1.68. The lowest BCUT2D eigenvalue weighted by Crippen LogP contribution is -2.44. The summed E-state index contributed by atoms with van der Waals surface area (Å²) in [6.45, 7) is 0.954. The number of anilines is 1. The van der Waals surface area contributed by atoms with E-state index in [1.807, 2.05) is 0 Å². The third-order valence-corrected chi connectivity index (χ3v) is 4.64. The minimum Gasteiger partial charge on any atom is -0.398 e. The van der Waals surface area contributed by atoms with Gasteiger partial charge in [-0.25, -0.2) is 9.78 Å². The molecule has 1 aromatic carbocycles. The summed E-state index contributed by atoms with van der Waals surface area (Å²) in [7, 11) is 0. The van der Waals surface area contributed by atoms with Gasteiger partial charge in [0, 0.05) is 22.7 Å². The summed E-state index contributed by atoms with van der Waals surface area (Å²) in [5, 5.41) is 42.0. The molecule has 0 aliphatic carbocycles. The first-order valence-electron chi connectivity index (χ1n) is 7.66. The Balaban J connectivity index is 1.97. The molecule has 4 rings (SSSR count). The molecule has 1 saturated heterocycles. The number of hydrogen-bond donors (Lipinski definition) is 5. The van der Waals surface area contributed by atoms with E-state index in [4.69, 9.17) is 10.5 Å². The molecular formula is C15H17N5O5. The number of aliphatic hydroxyl groups excluding tert-OH is 2. The van der Waals surface area contributed by atoms with E-state index in [1.54, 1.807) is 12.3 Å². The highest BCUT2D eigenvalue weighted by Gasteiger charge is 2.53. The first kappa shape index (κ1) is 16.0. The van der Waals surface area contributed by atoms with Crippen LogP contribution in [-0.4, -0.2) is 59.7 Å². The first-order chi connectivity index (χ1) is 11.8. The molecule has 2 aromatic heterocycles. The number of nitrogen functional groups attached to an aromatic ring is 1. The van der Waals surface area contributed by atoms with Crippen LogP contribution in [0.15, 0.2) is 23.3 Å². The lowest BCUT2D eigenvalue weighted by Gasteiger charge is -2.27. The fourth-order valence-corrected chi connectivity index (χ4v) is 3.36. The molecule has 132 valence electrons. The smallest absolute Gasteiger partial charge is 0.274 e. The average molecular weight is 347 g/mol. The Bertz CT molecular complexity index is 1030. The second-order valence-electron chi connectivity index (χ2n) is 6.38. The van der Waals surface area contributed by atoms with Crippen molar-refractivity contribution in [2.45, 2.75) is 31.0 Å². The van der Waals surface area contributed by atoms with Crippen LogP contribution in [0.4, 0.5) is 5.69 Å². The molecule has 1 fully saturated rings. The zero-order chi connectivity index (χ0) is 17.9. The Labute approximate surface area is 140 Å². The molecule has 1 aliphatic heterocycles. The molecular weight excluding hydrogens is 330 g/mol. The molecule has 1 aliphatic rings. The van der Waals surface area contributed by atoms with Crippen LogP contribution in [0.25, 0.3) is 21.7 Å². The van der Waals surface area contributed by atoms with E-state index in [-0.39, 0.29) is 11.1 Å². The van der Waals surface area contributed by atoms with Crippen LogP contribution in [0, 0.1) is 0 Å². The Morgan fingerprint density at radius 3 is 2.92 bits per heavy atom. The van der Waals surface area contributed by atoms with Crippen molar-refractivity contribution in [2.75, 3.05) is 12.3 Å². The maximum absolute atomic E-state index is 12.1. The van der Waals surface area contributed by atoms with Gasteiger partial charge in [-0.2, -0.15) is 10.2 Å². The van der Waals surface area contributed by atoms with E-state index in [2.05, 4.69) is 15.3 Å². The first-order valence-corrected chi connectivity index (χ1v) is 7.66. The number of nitrogens with zero attached hydrogens (tertiary/aromatic N) is 3. The Kier molecular flexibility index (Phi) is 3.34. The maximum Gasteiger partial charge on any atom is 0.274 e. The Morgan fingerprint density at radius 2 is 2.24 bits per heavy atom. The van der Waals surface area contributed by atoms with E-state index >= 15 is 0 Å². The lowest BCUT2D eigenvalue weighted by molar-refractivity contribution is -0.102. The van der Waals surface area contributed by atoms with E-state index in [1.165, 1.54) is 17.8 Å². The molecule has 0 spiro atoms. The molecule has 0 amide bonds. The van der Waals surface area contributed by atoms with Gasteiger partial charge in [-0.1, -0.05) is 0 Å². The SMILES string of the molecule is C[C@@]1(O)[C@H](O)[C@@H](CO)O[C@H]1n1cc2cc(N)c3c(=O)[nH]ncc(n1)c23. The summed E-state index contributed by atoms with van der Waals surface area (Å²) < 4.78 is 6.91. The van der Waals surface area contributed by atoms with Crippen molar-refractivity contribution in [1.29, 1.82) is 0 Å². The van der Waals surface area contributed by atoms with Crippen LogP contribution in [0.3, 0.4) is 0 Å². The van der Waals surface area contributed by atoms with Crippen molar-refractivity contribution < 1.29 is 20.1 Å². The maximum atomic E-state index is 12.1. The van der Waals surface area contributed by atoms with Crippen LogP contribution in [0.1, 0.15) is 13.2 Å². The van der Waals surface area contributed by atoms with Crippen molar-refractivity contribution in [2.24, 2.45) is 0 Å². The monoisotopic (exact) mass is 347 g/mol. The third-order valence-electron chi connectivity index (χ3n) is 4.64. The van der Waals surface area contributed by atoms with Gasteiger partial charge >= 0.3 is 0 Å². The second kappa shape index (κ2) is 5.23. The van der Waals surface area contributed by atoms with E-state index in [0.29, 0.717) is 16.3 Å². The number of aromatic nitrogens is 4.